The number of rotatable bonds is 10. The van der Waals surface area contributed by atoms with Crippen molar-refractivity contribution in [3.8, 4) is 22.8 Å². The Kier molecular flexibility index (Phi) is 9.26. The lowest BCUT2D eigenvalue weighted by atomic mass is 9.87. The van der Waals surface area contributed by atoms with E-state index in [4.69, 9.17) is 0 Å². The smallest absolute Gasteiger partial charge is 0.250 e. The van der Waals surface area contributed by atoms with Gasteiger partial charge in [0.15, 0.2) is 11.0 Å². The van der Waals surface area contributed by atoms with Gasteiger partial charge in [-0.25, -0.2) is 5.43 Å². The average Bonchev–Trinajstić information content (AvgIpc) is 3.38. The summed E-state index contributed by atoms with van der Waals surface area (Å²) in [7, 11) is 0. The number of benzene rings is 3. The van der Waals surface area contributed by atoms with Crippen molar-refractivity contribution in [1.82, 2.24) is 20.2 Å². The number of nitrogens with zero attached hydrogens (tertiary/aromatic N) is 5. The Morgan fingerprint density at radius 1 is 1.02 bits per heavy atom. The van der Waals surface area contributed by atoms with Crippen molar-refractivity contribution in [2.24, 2.45) is 5.10 Å². The van der Waals surface area contributed by atoms with Crippen LogP contribution in [0.3, 0.4) is 0 Å². The molecule has 0 fully saturated rings. The average molecular weight is 557 g/mol. The monoisotopic (exact) mass is 556 g/mol. The van der Waals surface area contributed by atoms with E-state index in [1.807, 2.05) is 41.0 Å². The van der Waals surface area contributed by atoms with Crippen LogP contribution >= 0.6 is 11.8 Å². The fourth-order valence-electron chi connectivity index (χ4n) is 4.24. The lowest BCUT2D eigenvalue weighted by Crippen LogP contribution is -2.21. The minimum Gasteiger partial charge on any atom is -0.507 e. The maximum absolute atomic E-state index is 12.6. The largest absolute Gasteiger partial charge is 0.507 e. The summed E-state index contributed by atoms with van der Waals surface area (Å²) in [6.07, 6.45) is 1.44. The molecule has 1 amide bonds. The molecule has 0 saturated heterocycles. The van der Waals surface area contributed by atoms with Crippen LogP contribution in [0.4, 0.5) is 5.69 Å². The highest BCUT2D eigenvalue weighted by Crippen LogP contribution is 2.30. The number of hydrogen-bond acceptors (Lipinski definition) is 7. The van der Waals surface area contributed by atoms with Crippen molar-refractivity contribution >= 4 is 29.6 Å². The molecule has 1 aromatic heterocycles. The van der Waals surface area contributed by atoms with Gasteiger partial charge in [0.1, 0.15) is 5.75 Å². The van der Waals surface area contributed by atoms with Crippen molar-refractivity contribution in [1.29, 1.82) is 0 Å². The lowest BCUT2D eigenvalue weighted by molar-refractivity contribution is -0.118. The van der Waals surface area contributed by atoms with Gasteiger partial charge in [-0.05, 0) is 49.1 Å². The molecule has 0 aliphatic heterocycles. The number of phenols is 1. The minimum absolute atomic E-state index is 0.0516. The van der Waals surface area contributed by atoms with Gasteiger partial charge in [-0.15, -0.1) is 10.2 Å². The van der Waals surface area contributed by atoms with E-state index >= 15 is 0 Å². The van der Waals surface area contributed by atoms with Crippen LogP contribution in [0.2, 0.25) is 0 Å². The molecule has 0 radical (unpaired) electrons. The molecule has 0 spiro atoms. The fraction of sp³-hybridized carbons (Fsp3) is 0.290. The van der Waals surface area contributed by atoms with Crippen molar-refractivity contribution in [3.63, 3.8) is 0 Å². The molecule has 2 N–H and O–H groups in total. The minimum atomic E-state index is -0.292. The van der Waals surface area contributed by atoms with Crippen LogP contribution in [0.15, 0.2) is 83.1 Å². The van der Waals surface area contributed by atoms with Gasteiger partial charge in [-0.1, -0.05) is 75.0 Å². The van der Waals surface area contributed by atoms with Crippen molar-refractivity contribution in [3.05, 3.63) is 83.9 Å². The second-order valence-electron chi connectivity index (χ2n) is 10.3. The summed E-state index contributed by atoms with van der Waals surface area (Å²) >= 11 is 1.28. The van der Waals surface area contributed by atoms with Crippen LogP contribution in [0.25, 0.3) is 17.1 Å². The zero-order valence-electron chi connectivity index (χ0n) is 23.6. The zero-order valence-corrected chi connectivity index (χ0v) is 24.4. The Labute approximate surface area is 240 Å². The van der Waals surface area contributed by atoms with E-state index in [0.29, 0.717) is 16.5 Å². The molecule has 40 heavy (non-hydrogen) atoms. The predicted molar refractivity (Wildman–Crippen MR) is 164 cm³/mol. The van der Waals surface area contributed by atoms with Crippen molar-refractivity contribution in [2.75, 3.05) is 23.7 Å². The molecule has 208 valence electrons. The summed E-state index contributed by atoms with van der Waals surface area (Å²) in [5, 5.41) is 23.9. The van der Waals surface area contributed by atoms with E-state index in [1.165, 1.54) is 23.5 Å². The van der Waals surface area contributed by atoms with Gasteiger partial charge in [0, 0.05) is 41.7 Å². The summed E-state index contributed by atoms with van der Waals surface area (Å²) in [6, 6.07) is 23.6. The molecule has 4 rings (SSSR count). The Morgan fingerprint density at radius 2 is 1.73 bits per heavy atom. The number of aromatic hydroxyl groups is 1. The molecule has 3 aromatic carbocycles. The molecule has 1 heterocycles. The molecule has 0 atom stereocenters. The van der Waals surface area contributed by atoms with Crippen LogP contribution in [-0.2, 0) is 10.2 Å². The molecule has 8 nitrogen and oxygen atoms in total. The fourth-order valence-corrected chi connectivity index (χ4v) is 4.99. The molecule has 4 aromatic rings. The van der Waals surface area contributed by atoms with Gasteiger partial charge in [0.25, 0.3) is 5.91 Å². The van der Waals surface area contributed by atoms with Gasteiger partial charge < -0.3 is 10.0 Å². The molecule has 9 heteroatoms. The summed E-state index contributed by atoms with van der Waals surface area (Å²) in [5.74, 6) is 0.615. The highest BCUT2D eigenvalue weighted by molar-refractivity contribution is 7.99. The number of nitrogens with one attached hydrogen (secondary N) is 1. The molecule has 0 aliphatic carbocycles. The van der Waals surface area contributed by atoms with Gasteiger partial charge in [-0.2, -0.15) is 5.10 Å². The van der Waals surface area contributed by atoms with E-state index < -0.39 is 0 Å². The first-order valence-electron chi connectivity index (χ1n) is 13.4. The second kappa shape index (κ2) is 12.8. The second-order valence-corrected chi connectivity index (χ2v) is 11.2. The molecule has 0 bridgehead atoms. The van der Waals surface area contributed by atoms with Crippen LogP contribution in [0.1, 0.15) is 45.7 Å². The molecule has 0 aliphatic rings. The molecule has 0 unspecified atom stereocenters. The third-order valence-corrected chi connectivity index (χ3v) is 7.45. The normalized spacial score (nSPS) is 11.6. The first-order chi connectivity index (χ1) is 19.2. The third-order valence-electron chi connectivity index (χ3n) is 6.52. The zero-order chi connectivity index (χ0) is 28.7. The number of carbonyl (C=O) groups is 1. The predicted octanol–water partition coefficient (Wildman–Crippen LogP) is 6.03. The quantitative estimate of drug-likeness (QED) is 0.141. The molecular weight excluding hydrogens is 520 g/mol. The van der Waals surface area contributed by atoms with Crippen molar-refractivity contribution < 1.29 is 9.90 Å². The number of anilines is 1. The Morgan fingerprint density at radius 3 is 2.35 bits per heavy atom. The number of thioether (sulfide) groups is 1. The van der Waals surface area contributed by atoms with Crippen LogP contribution in [-0.4, -0.2) is 50.8 Å². The summed E-state index contributed by atoms with van der Waals surface area (Å²) in [6.45, 7) is 12.4. The van der Waals surface area contributed by atoms with Gasteiger partial charge in [0.05, 0.1) is 12.0 Å². The van der Waals surface area contributed by atoms with Crippen LogP contribution in [0.5, 0.6) is 5.75 Å². The van der Waals surface area contributed by atoms with E-state index in [0.717, 1.165) is 30.0 Å². The topological polar surface area (TPSA) is 95.6 Å². The van der Waals surface area contributed by atoms with E-state index in [1.54, 1.807) is 12.1 Å². The first-order valence-corrected chi connectivity index (χ1v) is 14.3. The highest BCUT2D eigenvalue weighted by atomic mass is 32.2. The maximum Gasteiger partial charge on any atom is 0.250 e. The summed E-state index contributed by atoms with van der Waals surface area (Å²) in [5.41, 5.74) is 7.14. The Bertz CT molecular complexity index is 1460. The van der Waals surface area contributed by atoms with E-state index in [9.17, 15) is 9.90 Å². The van der Waals surface area contributed by atoms with E-state index in [-0.39, 0.29) is 22.8 Å². The van der Waals surface area contributed by atoms with E-state index in [2.05, 4.69) is 84.5 Å². The lowest BCUT2D eigenvalue weighted by Gasteiger charge is -2.21. The summed E-state index contributed by atoms with van der Waals surface area (Å²) < 4.78 is 1.96. The van der Waals surface area contributed by atoms with Crippen LogP contribution < -0.4 is 10.3 Å². The van der Waals surface area contributed by atoms with Gasteiger partial charge in [-0.3, -0.25) is 9.36 Å². The third kappa shape index (κ3) is 6.90. The number of hydrogen-bond donors (Lipinski definition) is 2. The first kappa shape index (κ1) is 28.9. The number of para-hydroxylation sites is 1. The number of aromatic nitrogens is 3. The Balaban J connectivity index is 1.46. The molecular formula is C31H36N6O2S. The van der Waals surface area contributed by atoms with Gasteiger partial charge in [0.2, 0.25) is 0 Å². The number of hydrazone groups is 1. The molecule has 0 saturated carbocycles. The number of amides is 1. The SMILES string of the molecule is CCN(CC)c1ccc(C=NNC(=O)CSc2nnc(-c3ccc(C(C)(C)C)cc3)n2-c2ccccc2)c(O)c1. The number of carbonyl (C=O) groups excluding carboxylic acids is 1. The Hall–Kier alpha value is -4.11. The maximum atomic E-state index is 12.6. The van der Waals surface area contributed by atoms with Gasteiger partial charge >= 0.3 is 0 Å². The van der Waals surface area contributed by atoms with Crippen LogP contribution in [0, 0.1) is 0 Å². The summed E-state index contributed by atoms with van der Waals surface area (Å²) in [4.78, 5) is 14.7. The highest BCUT2D eigenvalue weighted by Gasteiger charge is 2.19. The van der Waals surface area contributed by atoms with Crippen molar-refractivity contribution in [2.45, 2.75) is 45.2 Å². The standard InChI is InChI=1S/C31H36N6O2S/c1-6-36(7-2)26-18-15-23(27(38)19-26)20-32-33-28(39)21-40-30-35-34-29(37(30)25-11-9-8-10-12-25)22-13-16-24(17-14-22)31(3,4)5/h8-20,38H,6-7,21H2,1-5H3,(H,33,39). The number of phenolic OH excluding ortho intramolecular Hbond substituents is 1.